The quantitative estimate of drug-likeness (QED) is 0.0989. The molecule has 0 radical (unpaired) electrons. The second-order valence-electron chi connectivity index (χ2n) is 5.49. The zero-order chi connectivity index (χ0) is 19.2. The van der Waals surface area contributed by atoms with Gasteiger partial charge in [-0.05, 0) is 38.6 Å². The first-order chi connectivity index (χ1) is 11.8. The largest absolute Gasteiger partial charge is 0.480 e. The summed E-state index contributed by atoms with van der Waals surface area (Å²) in [6, 6.07) is -1.96. The van der Waals surface area contributed by atoms with Gasteiger partial charge in [-0.15, -0.1) is 0 Å². The van der Waals surface area contributed by atoms with E-state index in [0.29, 0.717) is 32.4 Å². The lowest BCUT2D eigenvalue weighted by Crippen LogP contribution is -2.52. The van der Waals surface area contributed by atoms with Gasteiger partial charge in [0.15, 0.2) is 5.96 Å². The van der Waals surface area contributed by atoms with Crippen molar-refractivity contribution in [3.8, 4) is 0 Å². The normalized spacial score (nSPS) is 12.7. The van der Waals surface area contributed by atoms with Gasteiger partial charge in [-0.3, -0.25) is 15.0 Å². The van der Waals surface area contributed by atoms with Gasteiger partial charge in [0, 0.05) is 6.54 Å². The van der Waals surface area contributed by atoms with E-state index >= 15 is 0 Å². The Hall–Kier alpha value is -2.40. The van der Waals surface area contributed by atoms with E-state index in [1.165, 1.54) is 0 Å². The second-order valence-corrected chi connectivity index (χ2v) is 5.49. The molecule has 0 aromatic rings. The molecule has 11 heteroatoms. The second kappa shape index (κ2) is 13.0. The highest BCUT2D eigenvalue weighted by molar-refractivity contribution is 5.90. The fraction of sp³-hybridized carbons (Fsp3) is 0.714. The summed E-state index contributed by atoms with van der Waals surface area (Å²) in [5, 5.41) is 23.7. The molecule has 25 heavy (non-hydrogen) atoms. The number of hydrogen-bond acceptors (Lipinski definition) is 6. The van der Waals surface area contributed by atoms with Crippen molar-refractivity contribution in [2.75, 3.05) is 19.6 Å². The molecular formula is C14H29N7O4. The molecule has 0 aromatic carbocycles. The zero-order valence-corrected chi connectivity index (χ0v) is 14.2. The summed E-state index contributed by atoms with van der Waals surface area (Å²) >= 11 is 0. The smallest absolute Gasteiger partial charge is 0.326 e. The van der Waals surface area contributed by atoms with E-state index in [9.17, 15) is 19.5 Å². The number of rotatable bonds is 13. The molecule has 0 heterocycles. The van der Waals surface area contributed by atoms with Crippen LogP contribution in [-0.4, -0.2) is 60.6 Å². The van der Waals surface area contributed by atoms with Gasteiger partial charge in [-0.2, -0.15) is 0 Å². The first-order valence-electron chi connectivity index (χ1n) is 8.12. The number of guanidine groups is 1. The van der Waals surface area contributed by atoms with E-state index < -0.39 is 29.9 Å². The molecule has 0 saturated heterocycles. The van der Waals surface area contributed by atoms with Gasteiger partial charge in [-0.1, -0.05) is 0 Å². The molecule has 0 spiro atoms. The van der Waals surface area contributed by atoms with Gasteiger partial charge in [0.1, 0.15) is 12.1 Å². The standard InChI is InChI=1S/C14H29N7O4/c15-6-2-1-4-10(13(24)25)21-12(23)9(20-11(22)8-16)5-3-7-19-14(17)18/h9-10H,1-8,15-16H2,(H,20,22)(H,21,23)(H,24,25)(H4,17,18,19). The van der Waals surface area contributed by atoms with Crippen molar-refractivity contribution in [3.63, 3.8) is 0 Å². The van der Waals surface area contributed by atoms with E-state index in [2.05, 4.69) is 16.0 Å². The molecule has 11 N–H and O–H groups in total. The SMILES string of the molecule is N=C(N)NCCCC(NC(=O)CN)C(=O)NC(CCCCN)C(=O)O. The Morgan fingerprint density at radius 1 is 1.00 bits per heavy atom. The van der Waals surface area contributed by atoms with Gasteiger partial charge in [0.2, 0.25) is 11.8 Å². The fourth-order valence-corrected chi connectivity index (χ4v) is 2.07. The Bertz CT molecular complexity index is 458. The number of carbonyl (C=O) groups is 3. The van der Waals surface area contributed by atoms with Gasteiger partial charge < -0.3 is 38.3 Å². The molecule has 2 amide bonds. The highest BCUT2D eigenvalue weighted by atomic mass is 16.4. The number of carboxylic acids is 1. The maximum atomic E-state index is 12.3. The lowest BCUT2D eigenvalue weighted by Gasteiger charge is -2.21. The summed E-state index contributed by atoms with van der Waals surface area (Å²) in [6.45, 7) is 0.503. The van der Waals surface area contributed by atoms with Crippen LogP contribution in [0.25, 0.3) is 0 Å². The van der Waals surface area contributed by atoms with Crippen LogP contribution >= 0.6 is 0 Å². The third-order valence-corrected chi connectivity index (χ3v) is 3.38. The molecule has 0 aliphatic carbocycles. The average molecular weight is 359 g/mol. The van der Waals surface area contributed by atoms with Crippen molar-refractivity contribution in [1.82, 2.24) is 16.0 Å². The third-order valence-electron chi connectivity index (χ3n) is 3.38. The van der Waals surface area contributed by atoms with Crippen LogP contribution < -0.4 is 33.2 Å². The maximum Gasteiger partial charge on any atom is 0.326 e. The summed E-state index contributed by atoms with van der Waals surface area (Å²) in [5.41, 5.74) is 15.8. The van der Waals surface area contributed by atoms with Crippen LogP contribution in [0.15, 0.2) is 0 Å². The lowest BCUT2D eigenvalue weighted by atomic mass is 10.1. The fourth-order valence-electron chi connectivity index (χ4n) is 2.07. The van der Waals surface area contributed by atoms with Crippen molar-refractivity contribution in [2.24, 2.45) is 17.2 Å². The Morgan fingerprint density at radius 3 is 2.16 bits per heavy atom. The first-order valence-corrected chi connectivity index (χ1v) is 8.12. The number of aliphatic carboxylic acids is 1. The molecule has 11 nitrogen and oxygen atoms in total. The highest BCUT2D eigenvalue weighted by Crippen LogP contribution is 2.04. The molecule has 144 valence electrons. The Labute approximate surface area is 146 Å². The van der Waals surface area contributed by atoms with Crippen molar-refractivity contribution >= 4 is 23.7 Å². The molecule has 0 fully saturated rings. The summed E-state index contributed by atoms with van der Waals surface area (Å²) < 4.78 is 0. The Kier molecular flexibility index (Phi) is 11.7. The van der Waals surface area contributed by atoms with Crippen LogP contribution in [-0.2, 0) is 14.4 Å². The molecule has 2 atom stereocenters. The van der Waals surface area contributed by atoms with Crippen LogP contribution in [0.3, 0.4) is 0 Å². The lowest BCUT2D eigenvalue weighted by molar-refractivity contribution is -0.142. The maximum absolute atomic E-state index is 12.3. The Balaban J connectivity index is 4.71. The first kappa shape index (κ1) is 22.6. The monoisotopic (exact) mass is 359 g/mol. The predicted molar refractivity (Wildman–Crippen MR) is 92.6 cm³/mol. The van der Waals surface area contributed by atoms with E-state index in [1.807, 2.05) is 0 Å². The molecule has 0 aromatic heterocycles. The predicted octanol–water partition coefficient (Wildman–Crippen LogP) is -2.61. The molecular weight excluding hydrogens is 330 g/mol. The van der Waals surface area contributed by atoms with E-state index in [0.717, 1.165) is 0 Å². The molecule has 0 aliphatic rings. The van der Waals surface area contributed by atoms with Gasteiger partial charge in [0.25, 0.3) is 0 Å². The summed E-state index contributed by atoms with van der Waals surface area (Å²) in [6.07, 6.45) is 2.15. The molecule has 0 rings (SSSR count). The number of unbranched alkanes of at least 4 members (excludes halogenated alkanes) is 1. The minimum absolute atomic E-state index is 0.196. The van der Waals surface area contributed by atoms with Crippen LogP contribution in [0.1, 0.15) is 32.1 Å². The topological polar surface area (TPSA) is 209 Å². The van der Waals surface area contributed by atoms with Gasteiger partial charge in [0.05, 0.1) is 6.54 Å². The summed E-state index contributed by atoms with van der Waals surface area (Å²) in [7, 11) is 0. The van der Waals surface area contributed by atoms with Crippen LogP contribution in [0.5, 0.6) is 0 Å². The number of carbonyl (C=O) groups excluding carboxylic acids is 2. The van der Waals surface area contributed by atoms with E-state index in [-0.39, 0.29) is 25.3 Å². The number of carboxylic acid groups (broad SMARTS) is 1. The zero-order valence-electron chi connectivity index (χ0n) is 14.2. The van der Waals surface area contributed by atoms with Crippen molar-refractivity contribution in [3.05, 3.63) is 0 Å². The number of nitrogens with one attached hydrogen (secondary N) is 4. The number of amides is 2. The number of nitrogens with two attached hydrogens (primary N) is 3. The summed E-state index contributed by atoms with van der Waals surface area (Å²) in [5.74, 6) is -2.45. The van der Waals surface area contributed by atoms with Crippen LogP contribution in [0.2, 0.25) is 0 Å². The van der Waals surface area contributed by atoms with Crippen LogP contribution in [0, 0.1) is 5.41 Å². The molecule has 0 saturated carbocycles. The minimum atomic E-state index is -1.15. The van der Waals surface area contributed by atoms with Crippen LogP contribution in [0.4, 0.5) is 0 Å². The van der Waals surface area contributed by atoms with Crippen molar-refractivity contribution in [1.29, 1.82) is 5.41 Å². The highest BCUT2D eigenvalue weighted by Gasteiger charge is 2.25. The average Bonchev–Trinajstić information content (AvgIpc) is 2.55. The summed E-state index contributed by atoms with van der Waals surface area (Å²) in [4.78, 5) is 35.1. The third kappa shape index (κ3) is 10.9. The van der Waals surface area contributed by atoms with E-state index in [1.54, 1.807) is 0 Å². The minimum Gasteiger partial charge on any atom is -0.480 e. The number of hydrogen-bond donors (Lipinski definition) is 8. The molecule has 0 bridgehead atoms. The molecule has 2 unspecified atom stereocenters. The van der Waals surface area contributed by atoms with Gasteiger partial charge in [-0.25, -0.2) is 4.79 Å². The van der Waals surface area contributed by atoms with Crippen molar-refractivity contribution in [2.45, 2.75) is 44.2 Å². The van der Waals surface area contributed by atoms with E-state index in [4.69, 9.17) is 22.6 Å². The van der Waals surface area contributed by atoms with Gasteiger partial charge >= 0.3 is 5.97 Å². The molecule has 0 aliphatic heterocycles. The Morgan fingerprint density at radius 2 is 1.64 bits per heavy atom. The van der Waals surface area contributed by atoms with Crippen molar-refractivity contribution < 1.29 is 19.5 Å².